The molecule has 0 aliphatic rings. The van der Waals surface area contributed by atoms with Crippen molar-refractivity contribution in [3.63, 3.8) is 0 Å². The predicted octanol–water partition coefficient (Wildman–Crippen LogP) is 4.99. The van der Waals surface area contributed by atoms with Crippen molar-refractivity contribution in [1.82, 2.24) is 0 Å². The maximum absolute atomic E-state index is 11.6. The molecule has 0 aliphatic carbocycles. The summed E-state index contributed by atoms with van der Waals surface area (Å²) in [6, 6.07) is 21.0. The second-order valence-corrected chi connectivity index (χ2v) is 5.86. The molecule has 0 saturated carbocycles. The number of aldehydes is 2. The lowest BCUT2D eigenvalue weighted by Gasteiger charge is -2.16. The Labute approximate surface area is 144 Å². The normalized spacial score (nSPS) is 10.9. The molecule has 1 N–H and O–H groups in total. The fourth-order valence-corrected chi connectivity index (χ4v) is 3.43. The zero-order valence-electron chi connectivity index (χ0n) is 13.3. The summed E-state index contributed by atoms with van der Waals surface area (Å²) in [4.78, 5) is 23.1. The second-order valence-electron chi connectivity index (χ2n) is 5.86. The third-order valence-corrected chi connectivity index (χ3v) is 4.56. The molecule has 25 heavy (non-hydrogen) atoms. The average molecular weight is 326 g/mol. The molecule has 3 heteroatoms. The van der Waals surface area contributed by atoms with E-state index in [9.17, 15) is 14.7 Å². The highest BCUT2D eigenvalue weighted by molar-refractivity contribution is 6.16. The van der Waals surface area contributed by atoms with Crippen molar-refractivity contribution in [1.29, 1.82) is 0 Å². The van der Waals surface area contributed by atoms with Gasteiger partial charge in [-0.3, -0.25) is 9.59 Å². The van der Waals surface area contributed by atoms with Gasteiger partial charge in [0.05, 0.1) is 5.56 Å². The van der Waals surface area contributed by atoms with E-state index in [0.717, 1.165) is 21.7 Å². The van der Waals surface area contributed by atoms with Gasteiger partial charge in [0.1, 0.15) is 5.75 Å². The number of carbonyl (C=O) groups is 2. The number of aromatic hydroxyl groups is 1. The maximum atomic E-state index is 11.6. The molecule has 0 heterocycles. The highest BCUT2D eigenvalue weighted by Gasteiger charge is 2.20. The average Bonchev–Trinajstić information content (AvgIpc) is 2.67. The summed E-state index contributed by atoms with van der Waals surface area (Å²) >= 11 is 0. The summed E-state index contributed by atoms with van der Waals surface area (Å²) in [6.07, 6.45) is 1.17. The van der Waals surface area contributed by atoms with Crippen LogP contribution < -0.4 is 0 Å². The zero-order valence-corrected chi connectivity index (χ0v) is 13.3. The van der Waals surface area contributed by atoms with E-state index in [2.05, 4.69) is 0 Å². The van der Waals surface area contributed by atoms with Crippen molar-refractivity contribution in [3.8, 4) is 16.9 Å². The van der Waals surface area contributed by atoms with Gasteiger partial charge >= 0.3 is 0 Å². The predicted molar refractivity (Wildman–Crippen MR) is 99.3 cm³/mol. The van der Waals surface area contributed by atoms with Crippen LogP contribution >= 0.6 is 0 Å². The lowest BCUT2D eigenvalue weighted by atomic mass is 9.88. The first-order valence-corrected chi connectivity index (χ1v) is 7.92. The zero-order chi connectivity index (χ0) is 17.4. The molecule has 4 aromatic rings. The minimum Gasteiger partial charge on any atom is -0.507 e. The van der Waals surface area contributed by atoms with Gasteiger partial charge in [-0.1, -0.05) is 66.7 Å². The van der Waals surface area contributed by atoms with E-state index < -0.39 is 0 Å². The van der Waals surface area contributed by atoms with Crippen molar-refractivity contribution in [2.75, 3.05) is 0 Å². The van der Waals surface area contributed by atoms with Gasteiger partial charge in [-0.2, -0.15) is 0 Å². The number of hydrogen-bond donors (Lipinski definition) is 1. The van der Waals surface area contributed by atoms with Crippen molar-refractivity contribution >= 4 is 34.1 Å². The maximum Gasteiger partial charge on any atom is 0.154 e. The van der Waals surface area contributed by atoms with Gasteiger partial charge < -0.3 is 5.11 Å². The van der Waals surface area contributed by atoms with E-state index in [1.807, 2.05) is 60.7 Å². The van der Waals surface area contributed by atoms with Crippen LogP contribution in [-0.2, 0) is 0 Å². The molecule has 0 spiro atoms. The largest absolute Gasteiger partial charge is 0.507 e. The van der Waals surface area contributed by atoms with Crippen LogP contribution in [-0.4, -0.2) is 17.7 Å². The van der Waals surface area contributed by atoms with Gasteiger partial charge in [0.15, 0.2) is 12.6 Å². The lowest BCUT2D eigenvalue weighted by Crippen LogP contribution is -1.97. The molecule has 4 aromatic carbocycles. The molecule has 0 atom stereocenters. The van der Waals surface area contributed by atoms with E-state index >= 15 is 0 Å². The first-order valence-electron chi connectivity index (χ1n) is 7.92. The highest BCUT2D eigenvalue weighted by Crippen LogP contribution is 2.43. The Morgan fingerprint density at radius 1 is 0.640 bits per heavy atom. The summed E-state index contributed by atoms with van der Waals surface area (Å²) in [7, 11) is 0. The Balaban J connectivity index is 2.24. The third-order valence-electron chi connectivity index (χ3n) is 4.56. The Morgan fingerprint density at radius 3 is 1.96 bits per heavy atom. The summed E-state index contributed by atoms with van der Waals surface area (Å²) in [6.45, 7) is 0. The highest BCUT2D eigenvalue weighted by atomic mass is 16.3. The SMILES string of the molecule is O=Cc1c(O)c(-c2cccc3ccccc23)c2ccccc2c1C=O. The van der Waals surface area contributed by atoms with Gasteiger partial charge in [0, 0.05) is 11.1 Å². The minimum atomic E-state index is -0.160. The van der Waals surface area contributed by atoms with Gasteiger partial charge in [0.25, 0.3) is 0 Å². The summed E-state index contributed by atoms with van der Waals surface area (Å²) < 4.78 is 0. The molecule has 0 fully saturated rings. The molecule has 0 amide bonds. The van der Waals surface area contributed by atoms with Crippen molar-refractivity contribution < 1.29 is 14.7 Å². The summed E-state index contributed by atoms with van der Waals surface area (Å²) in [5.74, 6) is -0.160. The number of phenolic OH excluding ortho intramolecular Hbond substituents is 1. The molecule has 3 nitrogen and oxygen atoms in total. The van der Waals surface area contributed by atoms with Crippen molar-refractivity contribution in [3.05, 3.63) is 77.9 Å². The van der Waals surface area contributed by atoms with Crippen LogP contribution in [0.5, 0.6) is 5.75 Å². The molecule has 0 unspecified atom stereocenters. The quantitative estimate of drug-likeness (QED) is 0.540. The van der Waals surface area contributed by atoms with Gasteiger partial charge in [-0.15, -0.1) is 0 Å². The van der Waals surface area contributed by atoms with Crippen LogP contribution in [0.4, 0.5) is 0 Å². The number of carbonyl (C=O) groups excluding carboxylic acids is 2. The fourth-order valence-electron chi connectivity index (χ4n) is 3.43. The van der Waals surface area contributed by atoms with Crippen LogP contribution in [0.1, 0.15) is 20.7 Å². The molecule has 0 saturated heterocycles. The monoisotopic (exact) mass is 326 g/mol. The Hall–Kier alpha value is -3.46. The van der Waals surface area contributed by atoms with E-state index in [0.29, 0.717) is 23.5 Å². The van der Waals surface area contributed by atoms with E-state index in [4.69, 9.17) is 0 Å². The van der Waals surface area contributed by atoms with Gasteiger partial charge in [-0.25, -0.2) is 0 Å². The van der Waals surface area contributed by atoms with Gasteiger partial charge in [-0.05, 0) is 27.1 Å². The number of fused-ring (bicyclic) bond motifs is 2. The summed E-state index contributed by atoms with van der Waals surface area (Å²) in [5, 5.41) is 14.2. The molecular formula is C22H14O3. The molecule has 0 bridgehead atoms. The molecular weight excluding hydrogens is 312 g/mol. The van der Waals surface area contributed by atoms with E-state index in [1.54, 1.807) is 6.07 Å². The van der Waals surface area contributed by atoms with Gasteiger partial charge in [0.2, 0.25) is 0 Å². The standard InChI is InChI=1S/C22H14O3/c23-12-19-16-9-3-4-10-18(16)21(22(25)20(19)13-24)17-11-5-7-14-6-1-2-8-15(14)17/h1-13,25H. The van der Waals surface area contributed by atoms with Crippen LogP contribution in [0.2, 0.25) is 0 Å². The molecule has 0 aliphatic heterocycles. The topological polar surface area (TPSA) is 54.4 Å². The van der Waals surface area contributed by atoms with Crippen LogP contribution in [0.3, 0.4) is 0 Å². The van der Waals surface area contributed by atoms with Crippen molar-refractivity contribution in [2.45, 2.75) is 0 Å². The van der Waals surface area contributed by atoms with E-state index in [-0.39, 0.29) is 16.9 Å². The second kappa shape index (κ2) is 5.87. The van der Waals surface area contributed by atoms with Crippen LogP contribution in [0.15, 0.2) is 66.7 Å². The molecule has 120 valence electrons. The summed E-state index contributed by atoms with van der Waals surface area (Å²) in [5.41, 5.74) is 1.64. The van der Waals surface area contributed by atoms with E-state index in [1.165, 1.54) is 0 Å². The first-order chi connectivity index (χ1) is 12.3. The fraction of sp³-hybridized carbons (Fsp3) is 0. The van der Waals surface area contributed by atoms with Crippen LogP contribution in [0, 0.1) is 0 Å². The number of rotatable bonds is 3. The van der Waals surface area contributed by atoms with Crippen molar-refractivity contribution in [2.24, 2.45) is 0 Å². The minimum absolute atomic E-state index is 0.0247. The Bertz CT molecular complexity index is 1140. The number of phenols is 1. The molecule has 4 rings (SSSR count). The third kappa shape index (κ3) is 2.21. The Morgan fingerprint density at radius 2 is 1.24 bits per heavy atom. The number of benzene rings is 4. The van der Waals surface area contributed by atoms with Crippen LogP contribution in [0.25, 0.3) is 32.7 Å². The molecule has 0 radical (unpaired) electrons. The Kier molecular flexibility index (Phi) is 3.55. The molecule has 0 aromatic heterocycles. The lowest BCUT2D eigenvalue weighted by molar-refractivity contribution is 0.109. The number of hydrogen-bond acceptors (Lipinski definition) is 3. The first kappa shape index (κ1) is 15.1. The smallest absolute Gasteiger partial charge is 0.154 e.